The normalized spacial score (nSPS) is 11.9. The average molecular weight is 267 g/mol. The Bertz CT molecular complexity index is 623. The Labute approximate surface area is 105 Å². The molecule has 0 unspecified atom stereocenters. The highest BCUT2D eigenvalue weighted by Crippen LogP contribution is 2.20. The third kappa shape index (κ3) is 2.36. The SMILES string of the molecule is CN(Cc1ccoc1)S(=O)(=O)c1cccnc1N. The minimum atomic E-state index is -3.64. The molecular weight excluding hydrogens is 254 g/mol. The topological polar surface area (TPSA) is 89.4 Å². The summed E-state index contributed by atoms with van der Waals surface area (Å²) in [6.07, 6.45) is 4.44. The minimum absolute atomic E-state index is 0.00320. The molecule has 0 amide bonds. The number of nitrogens with zero attached hydrogens (tertiary/aromatic N) is 2. The summed E-state index contributed by atoms with van der Waals surface area (Å²) in [5.41, 5.74) is 6.35. The van der Waals surface area contributed by atoms with E-state index in [1.54, 1.807) is 6.07 Å². The number of pyridine rings is 1. The second kappa shape index (κ2) is 4.79. The van der Waals surface area contributed by atoms with Gasteiger partial charge in [0.15, 0.2) is 0 Å². The van der Waals surface area contributed by atoms with Crippen LogP contribution in [0.5, 0.6) is 0 Å². The summed E-state index contributed by atoms with van der Waals surface area (Å²) in [4.78, 5) is 3.79. The molecule has 0 saturated heterocycles. The Morgan fingerprint density at radius 1 is 1.44 bits per heavy atom. The number of anilines is 1. The zero-order valence-corrected chi connectivity index (χ0v) is 10.6. The summed E-state index contributed by atoms with van der Waals surface area (Å²) in [7, 11) is -2.16. The van der Waals surface area contributed by atoms with Crippen molar-refractivity contribution in [2.45, 2.75) is 11.4 Å². The van der Waals surface area contributed by atoms with Gasteiger partial charge in [-0.1, -0.05) is 0 Å². The van der Waals surface area contributed by atoms with E-state index in [4.69, 9.17) is 10.2 Å². The highest BCUT2D eigenvalue weighted by atomic mass is 32.2. The number of furan rings is 1. The molecule has 7 heteroatoms. The van der Waals surface area contributed by atoms with Crippen LogP contribution in [0.2, 0.25) is 0 Å². The van der Waals surface area contributed by atoms with Gasteiger partial charge in [-0.25, -0.2) is 13.4 Å². The van der Waals surface area contributed by atoms with Gasteiger partial charge in [-0.15, -0.1) is 0 Å². The number of nitrogens with two attached hydrogens (primary N) is 1. The monoisotopic (exact) mass is 267 g/mol. The van der Waals surface area contributed by atoms with Crippen molar-refractivity contribution in [3.63, 3.8) is 0 Å². The van der Waals surface area contributed by atoms with E-state index < -0.39 is 10.0 Å². The van der Waals surface area contributed by atoms with E-state index in [0.717, 1.165) is 5.56 Å². The molecule has 2 rings (SSSR count). The average Bonchev–Trinajstić information content (AvgIpc) is 2.82. The standard InChI is InChI=1S/C11H13N3O3S/c1-14(7-9-4-6-17-8-9)18(15,16)10-3-2-5-13-11(10)12/h2-6,8H,7H2,1H3,(H2,12,13). The van der Waals surface area contributed by atoms with E-state index in [2.05, 4.69) is 4.98 Å². The van der Waals surface area contributed by atoms with E-state index >= 15 is 0 Å². The molecule has 0 aliphatic rings. The van der Waals surface area contributed by atoms with Crippen LogP contribution >= 0.6 is 0 Å². The molecule has 0 spiro atoms. The predicted octanol–water partition coefficient (Wildman–Crippen LogP) is 1.08. The molecule has 0 aromatic carbocycles. The molecule has 6 nitrogen and oxygen atoms in total. The molecule has 0 bridgehead atoms. The van der Waals surface area contributed by atoms with Crippen LogP contribution in [-0.4, -0.2) is 24.8 Å². The molecule has 2 heterocycles. The third-order valence-corrected chi connectivity index (χ3v) is 4.32. The highest BCUT2D eigenvalue weighted by molar-refractivity contribution is 7.89. The van der Waals surface area contributed by atoms with E-state index in [9.17, 15) is 8.42 Å². The molecule has 0 aliphatic carbocycles. The maximum absolute atomic E-state index is 12.3. The molecular formula is C11H13N3O3S. The number of rotatable bonds is 4. The van der Waals surface area contributed by atoms with Gasteiger partial charge in [-0.3, -0.25) is 0 Å². The summed E-state index contributed by atoms with van der Waals surface area (Å²) in [5, 5.41) is 0. The number of aromatic nitrogens is 1. The smallest absolute Gasteiger partial charge is 0.246 e. The van der Waals surface area contributed by atoms with Crippen LogP contribution in [0.15, 0.2) is 46.2 Å². The van der Waals surface area contributed by atoms with Gasteiger partial charge in [-0.05, 0) is 18.2 Å². The van der Waals surface area contributed by atoms with E-state index in [1.165, 1.54) is 42.2 Å². The summed E-state index contributed by atoms with van der Waals surface area (Å²) in [6, 6.07) is 4.68. The Morgan fingerprint density at radius 2 is 2.22 bits per heavy atom. The molecule has 18 heavy (non-hydrogen) atoms. The Hall–Kier alpha value is -1.86. The molecule has 0 saturated carbocycles. The van der Waals surface area contributed by atoms with Crippen LogP contribution in [0.1, 0.15) is 5.56 Å². The second-order valence-electron chi connectivity index (χ2n) is 3.78. The highest BCUT2D eigenvalue weighted by Gasteiger charge is 2.23. The minimum Gasteiger partial charge on any atom is -0.472 e. The summed E-state index contributed by atoms with van der Waals surface area (Å²) < 4.78 is 30.6. The molecule has 2 aromatic rings. The Balaban J connectivity index is 2.29. The van der Waals surface area contributed by atoms with E-state index in [-0.39, 0.29) is 17.3 Å². The molecule has 2 N–H and O–H groups in total. The number of sulfonamides is 1. The number of hydrogen-bond acceptors (Lipinski definition) is 5. The van der Waals surface area contributed by atoms with Crippen molar-refractivity contribution in [1.29, 1.82) is 0 Å². The fourth-order valence-corrected chi connectivity index (χ4v) is 2.74. The number of nitrogen functional groups attached to an aromatic ring is 1. The third-order valence-electron chi connectivity index (χ3n) is 2.47. The fraction of sp³-hybridized carbons (Fsp3) is 0.182. The quantitative estimate of drug-likeness (QED) is 0.895. The van der Waals surface area contributed by atoms with Crippen LogP contribution in [0.25, 0.3) is 0 Å². The molecule has 0 aliphatic heterocycles. The van der Waals surface area contributed by atoms with Gasteiger partial charge in [0.05, 0.1) is 12.5 Å². The zero-order chi connectivity index (χ0) is 13.2. The van der Waals surface area contributed by atoms with Gasteiger partial charge in [0.2, 0.25) is 10.0 Å². The molecule has 96 valence electrons. The van der Waals surface area contributed by atoms with E-state index in [0.29, 0.717) is 0 Å². The fourth-order valence-electron chi connectivity index (χ4n) is 1.51. The van der Waals surface area contributed by atoms with Crippen LogP contribution in [-0.2, 0) is 16.6 Å². The largest absolute Gasteiger partial charge is 0.472 e. The van der Waals surface area contributed by atoms with Gasteiger partial charge in [0.25, 0.3) is 0 Å². The molecule has 0 atom stereocenters. The maximum Gasteiger partial charge on any atom is 0.246 e. The lowest BCUT2D eigenvalue weighted by molar-refractivity contribution is 0.463. The lowest BCUT2D eigenvalue weighted by Crippen LogP contribution is -2.27. The first-order valence-corrected chi connectivity index (χ1v) is 6.64. The first-order chi connectivity index (χ1) is 8.51. The van der Waals surface area contributed by atoms with Crippen molar-refractivity contribution < 1.29 is 12.8 Å². The molecule has 0 radical (unpaired) electrons. The first-order valence-electron chi connectivity index (χ1n) is 5.19. The van der Waals surface area contributed by atoms with Crippen LogP contribution in [0.4, 0.5) is 5.82 Å². The van der Waals surface area contributed by atoms with Crippen LogP contribution in [0, 0.1) is 0 Å². The van der Waals surface area contributed by atoms with Crippen molar-refractivity contribution in [1.82, 2.24) is 9.29 Å². The second-order valence-corrected chi connectivity index (χ2v) is 5.79. The molecule has 0 fully saturated rings. The lowest BCUT2D eigenvalue weighted by atomic mass is 10.3. The molecule has 2 aromatic heterocycles. The van der Waals surface area contributed by atoms with Gasteiger partial charge in [0, 0.05) is 25.4 Å². The van der Waals surface area contributed by atoms with Crippen LogP contribution in [0.3, 0.4) is 0 Å². The Morgan fingerprint density at radius 3 is 2.83 bits per heavy atom. The van der Waals surface area contributed by atoms with Crippen molar-refractivity contribution >= 4 is 15.8 Å². The van der Waals surface area contributed by atoms with Crippen molar-refractivity contribution in [3.8, 4) is 0 Å². The number of hydrogen-bond donors (Lipinski definition) is 1. The van der Waals surface area contributed by atoms with Gasteiger partial charge < -0.3 is 10.2 Å². The van der Waals surface area contributed by atoms with Crippen molar-refractivity contribution in [2.24, 2.45) is 0 Å². The first kappa shape index (κ1) is 12.6. The Kier molecular flexibility index (Phi) is 3.35. The maximum atomic E-state index is 12.3. The van der Waals surface area contributed by atoms with Gasteiger partial charge in [-0.2, -0.15) is 4.31 Å². The predicted molar refractivity (Wildman–Crippen MR) is 66.0 cm³/mol. The zero-order valence-electron chi connectivity index (χ0n) is 9.78. The van der Waals surface area contributed by atoms with Gasteiger partial charge >= 0.3 is 0 Å². The van der Waals surface area contributed by atoms with Crippen molar-refractivity contribution in [3.05, 3.63) is 42.5 Å². The van der Waals surface area contributed by atoms with Crippen molar-refractivity contribution in [2.75, 3.05) is 12.8 Å². The van der Waals surface area contributed by atoms with Gasteiger partial charge in [0.1, 0.15) is 10.7 Å². The summed E-state index contributed by atoms with van der Waals surface area (Å²) in [5.74, 6) is -0.00320. The summed E-state index contributed by atoms with van der Waals surface area (Å²) in [6.45, 7) is 0.215. The van der Waals surface area contributed by atoms with Crippen LogP contribution < -0.4 is 5.73 Å². The summed E-state index contributed by atoms with van der Waals surface area (Å²) >= 11 is 0. The lowest BCUT2D eigenvalue weighted by Gasteiger charge is -2.16. The van der Waals surface area contributed by atoms with E-state index in [1.807, 2.05) is 0 Å².